The minimum atomic E-state index is -3.62. The van der Waals surface area contributed by atoms with E-state index in [-0.39, 0.29) is 16.8 Å². The quantitative estimate of drug-likeness (QED) is 0.375. The highest BCUT2D eigenvalue weighted by Gasteiger charge is 2.35. The lowest BCUT2D eigenvalue weighted by Gasteiger charge is -2.34. The van der Waals surface area contributed by atoms with Crippen LogP contribution in [0.2, 0.25) is 5.02 Å². The summed E-state index contributed by atoms with van der Waals surface area (Å²) in [5.41, 5.74) is 6.76. The normalized spacial score (nSPS) is 19.5. The standard InChI is InChI=1S/C25H26ClN5O4S/c26-20-5-1-19-14-23(8-4-18(19)13-20)36(33,34)30-11-9-29(10-12-30)15-22-16-31(25(32)35-22)21-6-2-17(3-7-21)24(27)28/h1-8,13-14,22H,9-12,15-16H2,(H3,27,28). The summed E-state index contributed by atoms with van der Waals surface area (Å²) >= 11 is 6.04. The van der Waals surface area contributed by atoms with E-state index < -0.39 is 16.1 Å². The van der Waals surface area contributed by atoms with Crippen LogP contribution >= 0.6 is 11.6 Å². The fourth-order valence-electron chi connectivity index (χ4n) is 4.59. The average molecular weight is 528 g/mol. The SMILES string of the molecule is N=C(N)c1ccc(N2CC(CN3CCN(S(=O)(=O)c4ccc5cc(Cl)ccc5c4)CC3)OC2=O)cc1. The Balaban J connectivity index is 1.18. The van der Waals surface area contributed by atoms with Gasteiger partial charge in [-0.2, -0.15) is 4.31 Å². The fraction of sp³-hybridized carbons (Fsp3) is 0.280. The summed E-state index contributed by atoms with van der Waals surface area (Å²) in [6.07, 6.45) is -0.741. The predicted octanol–water partition coefficient (Wildman–Crippen LogP) is 3.11. The van der Waals surface area contributed by atoms with Crippen molar-refractivity contribution in [1.82, 2.24) is 9.21 Å². The molecule has 1 amide bonds. The van der Waals surface area contributed by atoms with Crippen LogP contribution in [0, 0.1) is 5.41 Å². The van der Waals surface area contributed by atoms with E-state index >= 15 is 0 Å². The summed E-state index contributed by atoms with van der Waals surface area (Å²) < 4.78 is 33.5. The number of nitrogen functional groups attached to an aromatic ring is 1. The van der Waals surface area contributed by atoms with Crippen molar-refractivity contribution in [3.8, 4) is 0 Å². The van der Waals surface area contributed by atoms with Gasteiger partial charge in [-0.3, -0.25) is 15.2 Å². The van der Waals surface area contributed by atoms with Gasteiger partial charge in [-0.25, -0.2) is 13.2 Å². The molecule has 2 saturated heterocycles. The summed E-state index contributed by atoms with van der Waals surface area (Å²) in [5, 5.41) is 9.81. The number of anilines is 1. The lowest BCUT2D eigenvalue weighted by molar-refractivity contribution is 0.0937. The number of amides is 1. The number of benzene rings is 3. The van der Waals surface area contributed by atoms with E-state index in [0.717, 1.165) is 10.8 Å². The maximum atomic E-state index is 13.2. The molecule has 0 aromatic heterocycles. The van der Waals surface area contributed by atoms with Crippen molar-refractivity contribution in [2.75, 3.05) is 44.2 Å². The second-order valence-corrected chi connectivity index (χ2v) is 11.3. The van der Waals surface area contributed by atoms with E-state index in [0.29, 0.717) is 55.5 Å². The van der Waals surface area contributed by atoms with Gasteiger partial charge in [0.1, 0.15) is 11.9 Å². The summed E-state index contributed by atoms with van der Waals surface area (Å²) in [7, 11) is -3.62. The third kappa shape index (κ3) is 4.90. The molecule has 5 rings (SSSR count). The molecule has 2 fully saturated rings. The third-order valence-electron chi connectivity index (χ3n) is 6.57. The Kier molecular flexibility index (Phi) is 6.60. The highest BCUT2D eigenvalue weighted by molar-refractivity contribution is 7.89. The first-order valence-electron chi connectivity index (χ1n) is 11.6. The third-order valence-corrected chi connectivity index (χ3v) is 8.70. The molecule has 0 saturated carbocycles. The Morgan fingerprint density at radius 3 is 2.36 bits per heavy atom. The van der Waals surface area contributed by atoms with Gasteiger partial charge in [-0.05, 0) is 59.3 Å². The molecule has 36 heavy (non-hydrogen) atoms. The second kappa shape index (κ2) is 9.70. The second-order valence-electron chi connectivity index (χ2n) is 8.93. The molecule has 0 bridgehead atoms. The number of nitrogens with one attached hydrogen (secondary N) is 1. The number of ether oxygens (including phenoxy) is 1. The molecule has 2 heterocycles. The number of rotatable bonds is 6. The molecule has 11 heteroatoms. The van der Waals surface area contributed by atoms with Crippen molar-refractivity contribution in [2.24, 2.45) is 5.73 Å². The van der Waals surface area contributed by atoms with Crippen molar-refractivity contribution in [3.63, 3.8) is 0 Å². The van der Waals surface area contributed by atoms with E-state index in [4.69, 9.17) is 27.5 Å². The summed E-state index contributed by atoms with van der Waals surface area (Å²) in [6.45, 7) is 2.74. The molecular weight excluding hydrogens is 502 g/mol. The predicted molar refractivity (Wildman–Crippen MR) is 139 cm³/mol. The van der Waals surface area contributed by atoms with Gasteiger partial charge < -0.3 is 10.5 Å². The first kappa shape index (κ1) is 24.5. The van der Waals surface area contributed by atoms with E-state index in [9.17, 15) is 13.2 Å². The van der Waals surface area contributed by atoms with Crippen LogP contribution in [0.5, 0.6) is 0 Å². The van der Waals surface area contributed by atoms with Gasteiger partial charge in [0.05, 0.1) is 11.4 Å². The molecule has 1 atom stereocenters. The number of carbonyl (C=O) groups is 1. The van der Waals surface area contributed by atoms with Crippen molar-refractivity contribution in [2.45, 2.75) is 11.0 Å². The maximum Gasteiger partial charge on any atom is 0.414 e. The number of piperazine rings is 1. The Morgan fingerprint density at radius 1 is 1.00 bits per heavy atom. The minimum absolute atomic E-state index is 0.0323. The van der Waals surface area contributed by atoms with Gasteiger partial charge in [0.2, 0.25) is 10.0 Å². The largest absolute Gasteiger partial charge is 0.443 e. The number of carbonyl (C=O) groups excluding carboxylic acids is 1. The van der Waals surface area contributed by atoms with Crippen molar-refractivity contribution in [1.29, 1.82) is 5.41 Å². The first-order valence-corrected chi connectivity index (χ1v) is 13.4. The zero-order valence-corrected chi connectivity index (χ0v) is 21.0. The van der Waals surface area contributed by atoms with Gasteiger partial charge in [0, 0.05) is 49.0 Å². The molecule has 1 unspecified atom stereocenters. The van der Waals surface area contributed by atoms with E-state index in [1.807, 2.05) is 12.1 Å². The molecule has 0 radical (unpaired) electrons. The van der Waals surface area contributed by atoms with Crippen LogP contribution in [0.15, 0.2) is 65.6 Å². The maximum absolute atomic E-state index is 13.2. The highest BCUT2D eigenvalue weighted by atomic mass is 35.5. The van der Waals surface area contributed by atoms with Crippen LogP contribution in [-0.2, 0) is 14.8 Å². The number of halogens is 1. The number of cyclic esters (lactones) is 1. The zero-order valence-electron chi connectivity index (χ0n) is 19.4. The molecule has 188 valence electrons. The number of hydrogen-bond acceptors (Lipinski definition) is 6. The zero-order chi connectivity index (χ0) is 25.4. The Morgan fingerprint density at radius 2 is 1.67 bits per heavy atom. The van der Waals surface area contributed by atoms with Gasteiger partial charge in [-0.15, -0.1) is 0 Å². The van der Waals surface area contributed by atoms with Gasteiger partial charge in [0.15, 0.2) is 0 Å². The number of sulfonamides is 1. The molecule has 3 N–H and O–H groups in total. The molecular formula is C25H26ClN5O4S. The molecule has 0 spiro atoms. The smallest absolute Gasteiger partial charge is 0.414 e. The number of hydrogen-bond donors (Lipinski definition) is 2. The van der Waals surface area contributed by atoms with Crippen LogP contribution in [0.3, 0.4) is 0 Å². The van der Waals surface area contributed by atoms with Crippen LogP contribution in [0.25, 0.3) is 10.8 Å². The molecule has 0 aliphatic carbocycles. The van der Waals surface area contributed by atoms with Gasteiger partial charge in [0.25, 0.3) is 0 Å². The Labute approximate surface area is 214 Å². The van der Waals surface area contributed by atoms with Crippen molar-refractivity contribution >= 4 is 50.0 Å². The molecule has 3 aromatic carbocycles. The summed E-state index contributed by atoms with van der Waals surface area (Å²) in [6, 6.07) is 17.3. The first-order chi connectivity index (χ1) is 17.2. The highest BCUT2D eigenvalue weighted by Crippen LogP contribution is 2.26. The Bertz CT molecular complexity index is 1420. The molecule has 9 nitrogen and oxygen atoms in total. The lowest BCUT2D eigenvalue weighted by atomic mass is 10.1. The lowest BCUT2D eigenvalue weighted by Crippen LogP contribution is -2.50. The van der Waals surface area contributed by atoms with Crippen LogP contribution < -0.4 is 10.6 Å². The number of fused-ring (bicyclic) bond motifs is 1. The molecule has 3 aromatic rings. The molecule has 2 aliphatic rings. The number of nitrogens with two attached hydrogens (primary N) is 1. The van der Waals surface area contributed by atoms with E-state index in [1.54, 1.807) is 53.4 Å². The molecule has 2 aliphatic heterocycles. The van der Waals surface area contributed by atoms with Crippen LogP contribution in [-0.4, -0.2) is 74.9 Å². The summed E-state index contributed by atoms with van der Waals surface area (Å²) in [5.74, 6) is -0.0323. The van der Waals surface area contributed by atoms with Gasteiger partial charge >= 0.3 is 6.09 Å². The Hall–Kier alpha value is -3.18. The summed E-state index contributed by atoms with van der Waals surface area (Å²) in [4.78, 5) is 16.4. The fourth-order valence-corrected chi connectivity index (χ4v) is 6.23. The van der Waals surface area contributed by atoms with Gasteiger partial charge in [-0.1, -0.05) is 23.7 Å². The minimum Gasteiger partial charge on any atom is -0.443 e. The van der Waals surface area contributed by atoms with Crippen molar-refractivity contribution in [3.05, 3.63) is 71.2 Å². The number of nitrogens with zero attached hydrogens (tertiary/aromatic N) is 3. The van der Waals surface area contributed by atoms with Crippen LogP contribution in [0.1, 0.15) is 5.56 Å². The van der Waals surface area contributed by atoms with Crippen LogP contribution in [0.4, 0.5) is 10.5 Å². The topological polar surface area (TPSA) is 120 Å². The van der Waals surface area contributed by atoms with E-state index in [1.165, 1.54) is 4.31 Å². The average Bonchev–Trinajstić information content (AvgIpc) is 3.23. The van der Waals surface area contributed by atoms with Crippen molar-refractivity contribution < 1.29 is 17.9 Å². The number of amidine groups is 1. The monoisotopic (exact) mass is 527 g/mol. The van der Waals surface area contributed by atoms with E-state index in [2.05, 4.69) is 4.90 Å².